The fourth-order valence-corrected chi connectivity index (χ4v) is 5.03. The number of nitrogens with one attached hydrogen (secondary N) is 1. The van der Waals surface area contributed by atoms with E-state index in [0.29, 0.717) is 22.6 Å². The predicted molar refractivity (Wildman–Crippen MR) is 133 cm³/mol. The first kappa shape index (κ1) is 21.7. The van der Waals surface area contributed by atoms with Gasteiger partial charge in [0, 0.05) is 34.1 Å². The van der Waals surface area contributed by atoms with Crippen LogP contribution in [-0.2, 0) is 9.59 Å². The number of rotatable bonds is 5. The van der Waals surface area contributed by atoms with Gasteiger partial charge in [0.1, 0.15) is 11.5 Å². The molecule has 1 aliphatic rings. The molecule has 1 atom stereocenters. The lowest BCUT2D eigenvalue weighted by atomic mass is 9.95. The lowest BCUT2D eigenvalue weighted by Gasteiger charge is -2.26. The third kappa shape index (κ3) is 3.60. The lowest BCUT2D eigenvalue weighted by molar-refractivity contribution is -0.132. The number of amides is 1. The third-order valence-corrected chi connectivity index (χ3v) is 6.82. The van der Waals surface area contributed by atoms with Gasteiger partial charge in [-0.1, -0.05) is 30.3 Å². The molecule has 0 aliphatic carbocycles. The van der Waals surface area contributed by atoms with Gasteiger partial charge in [0.15, 0.2) is 0 Å². The molecule has 0 spiro atoms. The zero-order chi connectivity index (χ0) is 23.8. The van der Waals surface area contributed by atoms with Crippen molar-refractivity contribution < 1.29 is 19.4 Å². The molecule has 6 nitrogen and oxygen atoms in total. The van der Waals surface area contributed by atoms with Gasteiger partial charge in [-0.25, -0.2) is 0 Å². The zero-order valence-corrected chi connectivity index (χ0v) is 19.4. The van der Waals surface area contributed by atoms with E-state index in [-0.39, 0.29) is 11.3 Å². The molecule has 1 saturated heterocycles. The first-order chi connectivity index (χ1) is 16.5. The number of aliphatic hydroxyl groups is 1. The molecular weight excluding hydrogens is 448 g/mol. The second kappa shape index (κ2) is 8.68. The van der Waals surface area contributed by atoms with Crippen LogP contribution in [0.5, 0.6) is 5.75 Å². The zero-order valence-electron chi connectivity index (χ0n) is 18.6. The summed E-state index contributed by atoms with van der Waals surface area (Å²) in [5.41, 5.74) is 3.74. The maximum absolute atomic E-state index is 13.3. The number of nitrogens with zero attached hydrogens (tertiary/aromatic N) is 1. The molecule has 5 rings (SSSR count). The van der Waals surface area contributed by atoms with Gasteiger partial charge >= 0.3 is 0 Å². The molecule has 3 heterocycles. The van der Waals surface area contributed by atoms with Gasteiger partial charge in [0.25, 0.3) is 11.7 Å². The summed E-state index contributed by atoms with van der Waals surface area (Å²) in [6.45, 7) is 2.06. The van der Waals surface area contributed by atoms with Gasteiger partial charge in [-0.15, -0.1) is 11.3 Å². The van der Waals surface area contributed by atoms with Crippen LogP contribution in [0, 0.1) is 6.92 Å². The van der Waals surface area contributed by atoms with Gasteiger partial charge in [-0.3, -0.25) is 14.5 Å². The smallest absolute Gasteiger partial charge is 0.300 e. The SMILES string of the molecule is COc1ccccc1C1/C(=C(\O)c2cc[nH]c2)C(=O)C(=O)N1c1ccc(-c2csc(C)c2)cc1. The van der Waals surface area contributed by atoms with Crippen molar-refractivity contribution in [3.05, 3.63) is 100 Å². The minimum atomic E-state index is -0.847. The average molecular weight is 471 g/mol. The molecule has 2 aromatic carbocycles. The highest BCUT2D eigenvalue weighted by atomic mass is 32.1. The maximum Gasteiger partial charge on any atom is 0.300 e. The minimum Gasteiger partial charge on any atom is -0.507 e. The Labute approximate surface area is 200 Å². The molecule has 2 aromatic heterocycles. The highest BCUT2D eigenvalue weighted by molar-refractivity contribution is 7.10. The standard InChI is InChI=1S/C27H22N2O4S/c1-16-13-19(15-34-16)17-7-9-20(10-8-17)29-24(21-5-3-4-6-22(21)33-2)23(26(31)27(29)32)25(30)18-11-12-28-14-18/h3-15,24,28,30H,1-2H3/b25-23+. The lowest BCUT2D eigenvalue weighted by Crippen LogP contribution is -2.29. The fourth-order valence-electron chi connectivity index (χ4n) is 4.32. The molecule has 1 aliphatic heterocycles. The van der Waals surface area contributed by atoms with E-state index in [1.165, 1.54) is 16.9 Å². The molecule has 1 amide bonds. The van der Waals surface area contributed by atoms with Crippen LogP contribution in [0.3, 0.4) is 0 Å². The van der Waals surface area contributed by atoms with Crippen molar-refractivity contribution in [3.63, 3.8) is 0 Å². The number of benzene rings is 2. The summed E-state index contributed by atoms with van der Waals surface area (Å²) in [7, 11) is 1.54. The number of methoxy groups -OCH3 is 1. The molecule has 4 aromatic rings. The van der Waals surface area contributed by atoms with E-state index in [9.17, 15) is 14.7 Å². The Morgan fingerprint density at radius 1 is 1.06 bits per heavy atom. The van der Waals surface area contributed by atoms with E-state index < -0.39 is 17.7 Å². The largest absolute Gasteiger partial charge is 0.507 e. The van der Waals surface area contributed by atoms with Gasteiger partial charge in [0.2, 0.25) is 0 Å². The van der Waals surface area contributed by atoms with Gasteiger partial charge in [0.05, 0.1) is 18.7 Å². The van der Waals surface area contributed by atoms with E-state index in [1.54, 1.807) is 41.9 Å². The average Bonchev–Trinajstić information content (AvgIpc) is 3.60. The Bertz CT molecular complexity index is 1400. The number of Topliss-reactive ketones (excluding diaryl/α,β-unsaturated/α-hetero) is 1. The molecule has 170 valence electrons. The normalized spacial score (nSPS) is 17.4. The maximum atomic E-state index is 13.3. The number of hydrogen-bond acceptors (Lipinski definition) is 5. The van der Waals surface area contributed by atoms with Crippen molar-refractivity contribution >= 4 is 34.5 Å². The second-order valence-electron chi connectivity index (χ2n) is 8.00. The highest BCUT2D eigenvalue weighted by Crippen LogP contribution is 2.45. The Kier molecular flexibility index (Phi) is 5.55. The molecule has 0 bridgehead atoms. The van der Waals surface area contributed by atoms with E-state index >= 15 is 0 Å². The Balaban J connectivity index is 1.67. The topological polar surface area (TPSA) is 82.6 Å². The number of aliphatic hydroxyl groups excluding tert-OH is 1. The fraction of sp³-hybridized carbons (Fsp3) is 0.111. The Hall–Kier alpha value is -4.10. The van der Waals surface area contributed by atoms with Crippen molar-refractivity contribution in [2.45, 2.75) is 13.0 Å². The summed E-state index contributed by atoms with van der Waals surface area (Å²) in [6, 6.07) is 17.6. The number of anilines is 1. The molecule has 34 heavy (non-hydrogen) atoms. The van der Waals surface area contributed by atoms with Crippen molar-refractivity contribution in [3.8, 4) is 16.9 Å². The van der Waals surface area contributed by atoms with E-state index in [0.717, 1.165) is 11.1 Å². The van der Waals surface area contributed by atoms with Crippen LogP contribution in [0.15, 0.2) is 84.0 Å². The number of ether oxygens (including phenoxy) is 1. The van der Waals surface area contributed by atoms with Gasteiger partial charge in [-0.05, 0) is 53.8 Å². The summed E-state index contributed by atoms with van der Waals surface area (Å²) in [4.78, 5) is 32.1. The monoisotopic (exact) mass is 470 g/mol. The molecule has 2 N–H and O–H groups in total. The molecule has 7 heteroatoms. The van der Waals surface area contributed by atoms with Crippen LogP contribution in [0.1, 0.15) is 22.0 Å². The number of H-pyrrole nitrogens is 1. The number of carbonyl (C=O) groups excluding carboxylic acids is 2. The summed E-state index contributed by atoms with van der Waals surface area (Å²) < 4.78 is 5.55. The highest BCUT2D eigenvalue weighted by Gasteiger charge is 2.47. The van der Waals surface area contributed by atoms with Crippen LogP contribution < -0.4 is 9.64 Å². The number of carbonyl (C=O) groups is 2. The minimum absolute atomic E-state index is 0.0200. The van der Waals surface area contributed by atoms with Crippen LogP contribution >= 0.6 is 11.3 Å². The van der Waals surface area contributed by atoms with E-state index in [4.69, 9.17) is 4.74 Å². The molecule has 1 unspecified atom stereocenters. The van der Waals surface area contributed by atoms with Gasteiger partial charge in [-0.2, -0.15) is 0 Å². The molecular formula is C27H22N2O4S. The van der Waals surface area contributed by atoms with E-state index in [1.807, 2.05) is 36.4 Å². The number of aryl methyl sites for hydroxylation is 1. The van der Waals surface area contributed by atoms with Crippen LogP contribution in [0.25, 0.3) is 16.9 Å². The number of para-hydroxylation sites is 1. The summed E-state index contributed by atoms with van der Waals surface area (Å²) in [5.74, 6) is -1.16. The second-order valence-corrected chi connectivity index (χ2v) is 9.12. The Morgan fingerprint density at radius 3 is 2.47 bits per heavy atom. The van der Waals surface area contributed by atoms with Crippen LogP contribution in [-0.4, -0.2) is 28.9 Å². The van der Waals surface area contributed by atoms with E-state index in [2.05, 4.69) is 23.4 Å². The third-order valence-electron chi connectivity index (χ3n) is 5.96. The number of ketones is 1. The predicted octanol–water partition coefficient (Wildman–Crippen LogP) is 5.69. The van der Waals surface area contributed by atoms with Crippen molar-refractivity contribution in [2.24, 2.45) is 0 Å². The quantitative estimate of drug-likeness (QED) is 0.223. The summed E-state index contributed by atoms with van der Waals surface area (Å²) in [6.07, 6.45) is 3.23. The van der Waals surface area contributed by atoms with Crippen molar-refractivity contribution in [1.82, 2.24) is 4.98 Å². The number of aromatic amines is 1. The number of thiophene rings is 1. The molecule has 1 fully saturated rings. The summed E-state index contributed by atoms with van der Waals surface area (Å²) >= 11 is 1.67. The summed E-state index contributed by atoms with van der Waals surface area (Å²) in [5, 5.41) is 13.2. The van der Waals surface area contributed by atoms with Gasteiger partial charge < -0.3 is 14.8 Å². The first-order valence-electron chi connectivity index (χ1n) is 10.7. The van der Waals surface area contributed by atoms with Crippen molar-refractivity contribution in [2.75, 3.05) is 12.0 Å². The first-order valence-corrected chi connectivity index (χ1v) is 11.6. The van der Waals surface area contributed by atoms with Crippen molar-refractivity contribution in [1.29, 1.82) is 0 Å². The van der Waals surface area contributed by atoms with Crippen LogP contribution in [0.4, 0.5) is 5.69 Å². The molecule has 0 radical (unpaired) electrons. The number of hydrogen-bond donors (Lipinski definition) is 2. The molecule has 0 saturated carbocycles. The number of aromatic nitrogens is 1. The Morgan fingerprint density at radius 2 is 1.82 bits per heavy atom. The van der Waals surface area contributed by atoms with Crippen LogP contribution in [0.2, 0.25) is 0 Å².